The molecule has 0 fully saturated rings. The number of carboxylic acid groups (broad SMARTS) is 3. The van der Waals surface area contributed by atoms with E-state index in [-0.39, 0.29) is 84.7 Å². The number of hydrogen-bond acceptors (Lipinski definition) is 9. The summed E-state index contributed by atoms with van der Waals surface area (Å²) >= 11 is 49.4. The summed E-state index contributed by atoms with van der Waals surface area (Å²) in [5.74, 6) is -4.32. The molecule has 3 heterocycles. The van der Waals surface area contributed by atoms with E-state index in [1.807, 2.05) is 0 Å². The van der Waals surface area contributed by atoms with E-state index in [1.54, 1.807) is 0 Å². The van der Waals surface area contributed by atoms with Gasteiger partial charge in [-0.05, 0) is 0 Å². The number of halogens is 9. The summed E-state index contributed by atoms with van der Waals surface area (Å²) in [5.41, 5.74) is -0.816. The summed E-state index contributed by atoms with van der Waals surface area (Å²) in [6.45, 7) is 0. The molecule has 0 spiro atoms. The zero-order valence-corrected chi connectivity index (χ0v) is 25.7. The average molecular weight is 873 g/mol. The second-order valence-electron chi connectivity index (χ2n) is 5.63. The molecule has 3 aromatic rings. The third-order valence-electron chi connectivity index (χ3n) is 3.41. The van der Waals surface area contributed by atoms with Crippen molar-refractivity contribution in [3.63, 3.8) is 0 Å². The Hall–Kier alpha value is -0.790. The maximum atomic E-state index is 10.3. The van der Waals surface area contributed by atoms with Crippen LogP contribution in [0.25, 0.3) is 0 Å². The fourth-order valence-electron chi connectivity index (χ4n) is 1.76. The van der Waals surface area contributed by atoms with Crippen LogP contribution in [-0.4, -0.2) is 32.9 Å². The summed E-state index contributed by atoms with van der Waals surface area (Å²) in [5, 5.41) is 30.2. The molecule has 0 atom stereocenters. The molecular weight excluding hydrogens is 870 g/mol. The van der Waals surface area contributed by atoms with Crippen molar-refractivity contribution in [2.24, 2.45) is 0 Å². The number of nitrogens with zero attached hydrogens (tertiary/aromatic N) is 3. The summed E-state index contributed by atoms with van der Waals surface area (Å²) in [6.07, 6.45) is 2.98. The number of rotatable bonds is 3. The number of carbonyl (C=O) groups excluding carboxylic acids is 3. The smallest absolute Gasteiger partial charge is 0.545 e. The first kappa shape index (κ1) is 36.2. The van der Waals surface area contributed by atoms with Gasteiger partial charge in [0.05, 0.1) is 48.0 Å². The fraction of sp³-hybridized carbons (Fsp3) is 0. The summed E-state index contributed by atoms with van der Waals surface area (Å²) in [6, 6.07) is 0. The first-order valence-electron chi connectivity index (χ1n) is 8.24. The molecule has 3 rings (SSSR count). The number of carboxylic acids is 3. The van der Waals surface area contributed by atoms with Crippen molar-refractivity contribution >= 4 is 122 Å². The zero-order chi connectivity index (χ0) is 27.9. The summed E-state index contributed by atoms with van der Waals surface area (Å²) in [7, 11) is 0. The quantitative estimate of drug-likeness (QED) is 0.278. The van der Waals surface area contributed by atoms with Crippen LogP contribution >= 0.6 is 104 Å². The molecule has 0 N–H and O–H groups in total. The van der Waals surface area contributed by atoms with Crippen molar-refractivity contribution in [1.29, 1.82) is 0 Å². The van der Waals surface area contributed by atoms with Gasteiger partial charge < -0.3 is 29.7 Å². The van der Waals surface area contributed by atoms with Crippen molar-refractivity contribution < 1.29 is 52.1 Å². The van der Waals surface area contributed by atoms with Gasteiger partial charge in [0.15, 0.2) is 0 Å². The van der Waals surface area contributed by atoms with Crippen LogP contribution in [0.3, 0.4) is 0 Å². The molecule has 19 heteroatoms. The van der Waals surface area contributed by atoms with Crippen LogP contribution in [0, 0.1) is 0 Å². The van der Waals surface area contributed by atoms with Crippen molar-refractivity contribution in [3.05, 3.63) is 80.9 Å². The van der Waals surface area contributed by atoms with Crippen LogP contribution < -0.4 is 15.3 Å². The number of aromatic carboxylic acids is 3. The summed E-state index contributed by atoms with van der Waals surface area (Å²) in [4.78, 5) is 41.5. The van der Waals surface area contributed by atoms with Crippen molar-refractivity contribution in [3.8, 4) is 0 Å². The Kier molecular flexibility index (Phi) is 16.0. The van der Waals surface area contributed by atoms with Crippen LogP contribution in [0.5, 0.6) is 0 Å². The monoisotopic (exact) mass is 869 g/mol. The Labute approximate surface area is 268 Å². The minimum absolute atomic E-state index is 0. The largest absolute Gasteiger partial charge is 3.00 e. The number of aromatic nitrogens is 3. The van der Waals surface area contributed by atoms with E-state index < -0.39 is 17.9 Å². The van der Waals surface area contributed by atoms with Gasteiger partial charge >= 0.3 is 22.4 Å². The van der Waals surface area contributed by atoms with Crippen molar-refractivity contribution in [2.75, 3.05) is 0 Å². The first-order valence-corrected chi connectivity index (χ1v) is 11.6. The molecule has 0 bridgehead atoms. The topological polar surface area (TPSA) is 159 Å². The van der Waals surface area contributed by atoms with Crippen LogP contribution in [0.2, 0.25) is 45.6 Å². The van der Waals surface area contributed by atoms with E-state index in [1.165, 1.54) is 0 Å². The zero-order valence-electron chi connectivity index (χ0n) is 16.7. The van der Waals surface area contributed by atoms with Gasteiger partial charge in [0.1, 0.15) is 15.5 Å². The first-order chi connectivity index (χ1) is 16.6. The summed E-state index contributed by atoms with van der Waals surface area (Å²) < 4.78 is 0. The van der Waals surface area contributed by atoms with Gasteiger partial charge in [0.2, 0.25) is 0 Å². The van der Waals surface area contributed by atoms with Crippen LogP contribution in [0.4, 0.5) is 0 Å². The molecule has 0 aliphatic rings. The number of pyridine rings is 3. The van der Waals surface area contributed by atoms with Gasteiger partial charge in [-0.25, -0.2) is 15.0 Å². The molecule has 200 valence electrons. The molecular formula is C18H3AuCl9N3O6. The second-order valence-corrected chi connectivity index (χ2v) is 8.98. The Morgan fingerprint density at radius 3 is 0.811 bits per heavy atom. The maximum Gasteiger partial charge on any atom is 3.00 e. The van der Waals surface area contributed by atoms with Crippen LogP contribution in [0.1, 0.15) is 31.1 Å². The predicted molar refractivity (Wildman–Crippen MR) is 131 cm³/mol. The van der Waals surface area contributed by atoms with Crippen LogP contribution in [0.15, 0.2) is 18.6 Å². The minimum atomic E-state index is -1.44. The Morgan fingerprint density at radius 2 is 0.649 bits per heavy atom. The Balaban J connectivity index is 0.000000518. The predicted octanol–water partition coefficient (Wildman–Crippen LogP) is 4.21. The van der Waals surface area contributed by atoms with Gasteiger partial charge in [0, 0.05) is 35.3 Å². The van der Waals surface area contributed by atoms with Gasteiger partial charge in [-0.3, -0.25) is 0 Å². The van der Waals surface area contributed by atoms with E-state index in [2.05, 4.69) is 15.0 Å². The molecule has 0 aromatic carbocycles. The fourth-order valence-corrected chi connectivity index (χ4v) is 3.43. The SMILES string of the molecule is O=C([O-])c1cnc(Cl)c(Cl)c1Cl.O=C([O-])c1cnc(Cl)c(Cl)c1Cl.O=C([O-])c1cnc(Cl)c(Cl)c1Cl.[Au+3]. The molecule has 9 nitrogen and oxygen atoms in total. The Bertz CT molecular complexity index is 1190. The van der Waals surface area contributed by atoms with E-state index in [0.29, 0.717) is 0 Å². The molecule has 0 saturated carbocycles. The minimum Gasteiger partial charge on any atom is -0.545 e. The van der Waals surface area contributed by atoms with Crippen molar-refractivity contribution in [2.45, 2.75) is 0 Å². The molecule has 3 aromatic heterocycles. The van der Waals surface area contributed by atoms with E-state index in [0.717, 1.165) is 18.6 Å². The standard InChI is InChI=1S/3C6H2Cl3NO2.Au/c3*7-3-2(6(11)12)1-10-5(9)4(3)8;/h3*1H,(H,11,12);/q;;;+3/p-3. The molecule has 37 heavy (non-hydrogen) atoms. The third-order valence-corrected chi connectivity index (χ3v) is 7.13. The molecule has 0 aliphatic heterocycles. The molecule has 0 radical (unpaired) electrons. The Morgan fingerprint density at radius 1 is 0.459 bits per heavy atom. The van der Waals surface area contributed by atoms with Gasteiger partial charge in [-0.15, -0.1) is 0 Å². The average Bonchev–Trinajstić information content (AvgIpc) is 2.79. The molecule has 0 saturated heterocycles. The molecule has 0 unspecified atom stereocenters. The molecule has 0 aliphatic carbocycles. The normalized spacial score (nSPS) is 9.65. The van der Waals surface area contributed by atoms with Crippen LogP contribution in [-0.2, 0) is 22.4 Å². The molecule has 0 amide bonds. The maximum absolute atomic E-state index is 10.3. The number of carbonyl (C=O) groups is 3. The van der Waals surface area contributed by atoms with E-state index in [9.17, 15) is 29.7 Å². The van der Waals surface area contributed by atoms with Crippen molar-refractivity contribution in [1.82, 2.24) is 15.0 Å². The number of hydrogen-bond donors (Lipinski definition) is 0. The van der Waals surface area contributed by atoms with E-state index >= 15 is 0 Å². The van der Waals surface area contributed by atoms with Gasteiger partial charge in [-0.1, -0.05) is 104 Å². The third kappa shape index (κ3) is 10.0. The van der Waals surface area contributed by atoms with Gasteiger partial charge in [-0.2, -0.15) is 0 Å². The second kappa shape index (κ2) is 16.3. The van der Waals surface area contributed by atoms with E-state index in [4.69, 9.17) is 104 Å². The van der Waals surface area contributed by atoms with Gasteiger partial charge in [0.25, 0.3) is 0 Å².